The van der Waals surface area contributed by atoms with Crippen molar-refractivity contribution < 1.29 is 13.9 Å². The molecule has 106 valence electrons. The van der Waals surface area contributed by atoms with E-state index in [9.17, 15) is 4.39 Å². The summed E-state index contributed by atoms with van der Waals surface area (Å²) in [6.45, 7) is 0. The van der Waals surface area contributed by atoms with Crippen molar-refractivity contribution in [2.45, 2.75) is 4.83 Å². The van der Waals surface area contributed by atoms with E-state index in [1.165, 1.54) is 6.07 Å². The standard InChI is InChI=1S/C15H13Br2FO2/c1-19-10-4-6-14(20-2)11(8-10)15(17)9-3-5-12(16)13(18)7-9/h3-8,15H,1-2H3. The molecular weight excluding hydrogens is 391 g/mol. The summed E-state index contributed by atoms with van der Waals surface area (Å²) in [6, 6.07) is 10.6. The molecule has 0 aliphatic rings. The van der Waals surface area contributed by atoms with Gasteiger partial charge in [0.1, 0.15) is 17.3 Å². The Labute approximate surface area is 134 Å². The number of methoxy groups -OCH3 is 2. The highest BCUT2D eigenvalue weighted by Crippen LogP contribution is 2.39. The number of hydrogen-bond donors (Lipinski definition) is 0. The zero-order chi connectivity index (χ0) is 14.7. The molecule has 20 heavy (non-hydrogen) atoms. The first-order valence-corrected chi connectivity index (χ1v) is 7.58. The lowest BCUT2D eigenvalue weighted by molar-refractivity contribution is 0.399. The SMILES string of the molecule is COc1ccc(OC)c(C(Br)c2ccc(Br)c(F)c2)c1. The molecule has 5 heteroatoms. The molecule has 0 fully saturated rings. The molecule has 0 bridgehead atoms. The number of ether oxygens (including phenoxy) is 2. The molecule has 0 aromatic heterocycles. The minimum atomic E-state index is -0.297. The highest BCUT2D eigenvalue weighted by molar-refractivity contribution is 9.10. The molecule has 0 saturated carbocycles. The lowest BCUT2D eigenvalue weighted by Gasteiger charge is -2.16. The van der Waals surface area contributed by atoms with Crippen molar-refractivity contribution in [3.63, 3.8) is 0 Å². The summed E-state index contributed by atoms with van der Waals surface area (Å²) in [5.74, 6) is 1.15. The van der Waals surface area contributed by atoms with Crippen molar-refractivity contribution in [2.24, 2.45) is 0 Å². The van der Waals surface area contributed by atoms with Crippen LogP contribution in [0.3, 0.4) is 0 Å². The Morgan fingerprint density at radius 2 is 1.80 bits per heavy atom. The van der Waals surface area contributed by atoms with E-state index in [1.807, 2.05) is 24.3 Å². The Morgan fingerprint density at radius 1 is 1.05 bits per heavy atom. The fourth-order valence-corrected chi connectivity index (χ4v) is 2.78. The van der Waals surface area contributed by atoms with Crippen LogP contribution < -0.4 is 9.47 Å². The van der Waals surface area contributed by atoms with Gasteiger partial charge >= 0.3 is 0 Å². The van der Waals surface area contributed by atoms with Crippen molar-refractivity contribution in [1.29, 1.82) is 0 Å². The maximum absolute atomic E-state index is 13.7. The van der Waals surface area contributed by atoms with Gasteiger partial charge in [-0.1, -0.05) is 22.0 Å². The Balaban J connectivity index is 2.45. The molecule has 1 atom stereocenters. The Morgan fingerprint density at radius 3 is 2.40 bits per heavy atom. The summed E-state index contributed by atoms with van der Waals surface area (Å²) in [5.41, 5.74) is 1.69. The van der Waals surface area contributed by atoms with Crippen LogP contribution in [0, 0.1) is 5.82 Å². The fraction of sp³-hybridized carbons (Fsp3) is 0.200. The summed E-state index contributed by atoms with van der Waals surface area (Å²) in [7, 11) is 3.21. The highest BCUT2D eigenvalue weighted by Gasteiger charge is 2.17. The van der Waals surface area contributed by atoms with Gasteiger partial charge in [0.25, 0.3) is 0 Å². The molecule has 0 amide bonds. The summed E-state index contributed by atoms with van der Waals surface area (Å²) in [5, 5.41) is 0. The van der Waals surface area contributed by atoms with E-state index in [-0.39, 0.29) is 10.6 Å². The zero-order valence-electron chi connectivity index (χ0n) is 11.0. The maximum Gasteiger partial charge on any atom is 0.137 e. The van der Waals surface area contributed by atoms with Gasteiger partial charge in [-0.3, -0.25) is 0 Å². The van der Waals surface area contributed by atoms with Crippen LogP contribution in [0.4, 0.5) is 4.39 Å². The minimum absolute atomic E-state index is 0.185. The molecule has 2 aromatic carbocycles. The molecular formula is C15H13Br2FO2. The van der Waals surface area contributed by atoms with Crippen molar-refractivity contribution >= 4 is 31.9 Å². The topological polar surface area (TPSA) is 18.5 Å². The molecule has 2 nitrogen and oxygen atoms in total. The smallest absolute Gasteiger partial charge is 0.137 e. The molecule has 0 saturated heterocycles. The van der Waals surface area contributed by atoms with E-state index in [2.05, 4.69) is 31.9 Å². The van der Waals surface area contributed by atoms with Gasteiger partial charge in [0.05, 0.1) is 23.5 Å². The van der Waals surface area contributed by atoms with Gasteiger partial charge in [-0.05, 0) is 51.8 Å². The molecule has 0 heterocycles. The molecule has 0 spiro atoms. The quantitative estimate of drug-likeness (QED) is 0.662. The molecule has 0 aliphatic carbocycles. The summed E-state index contributed by atoms with van der Waals surface area (Å²) >= 11 is 6.74. The Bertz CT molecular complexity index is 617. The van der Waals surface area contributed by atoms with E-state index < -0.39 is 0 Å². The monoisotopic (exact) mass is 402 g/mol. The highest BCUT2D eigenvalue weighted by atomic mass is 79.9. The predicted molar refractivity (Wildman–Crippen MR) is 84.4 cm³/mol. The average Bonchev–Trinajstić information content (AvgIpc) is 2.48. The van der Waals surface area contributed by atoms with Gasteiger partial charge in [0.15, 0.2) is 0 Å². The van der Waals surface area contributed by atoms with Crippen molar-refractivity contribution in [3.8, 4) is 11.5 Å². The van der Waals surface area contributed by atoms with Crippen LogP contribution in [-0.2, 0) is 0 Å². The first-order valence-electron chi connectivity index (χ1n) is 5.87. The summed E-state index contributed by atoms with van der Waals surface area (Å²) < 4.78 is 24.7. The second-order valence-corrected chi connectivity index (χ2v) is 5.91. The third-order valence-corrected chi connectivity index (χ3v) is 4.61. The van der Waals surface area contributed by atoms with Crippen molar-refractivity contribution in [2.75, 3.05) is 14.2 Å². The first kappa shape index (κ1) is 15.3. The van der Waals surface area contributed by atoms with Gasteiger partial charge < -0.3 is 9.47 Å². The average molecular weight is 404 g/mol. The van der Waals surface area contributed by atoms with Crippen molar-refractivity contribution in [1.82, 2.24) is 0 Å². The van der Waals surface area contributed by atoms with Gasteiger partial charge in [-0.2, -0.15) is 0 Å². The van der Waals surface area contributed by atoms with Gasteiger partial charge in [-0.15, -0.1) is 0 Å². The second kappa shape index (κ2) is 6.59. The second-order valence-electron chi connectivity index (χ2n) is 4.14. The normalized spacial score (nSPS) is 12.1. The number of hydrogen-bond acceptors (Lipinski definition) is 2. The number of rotatable bonds is 4. The third-order valence-electron chi connectivity index (χ3n) is 2.95. The molecule has 0 radical (unpaired) electrons. The predicted octanol–water partition coefficient (Wildman–Crippen LogP) is 5.09. The van der Waals surface area contributed by atoms with Gasteiger partial charge in [0, 0.05) is 5.56 Å². The van der Waals surface area contributed by atoms with Crippen LogP contribution in [0.5, 0.6) is 11.5 Å². The number of alkyl halides is 1. The molecule has 0 N–H and O–H groups in total. The first-order chi connectivity index (χ1) is 9.56. The zero-order valence-corrected chi connectivity index (χ0v) is 14.2. The summed E-state index contributed by atoms with van der Waals surface area (Å²) in [4.78, 5) is -0.185. The Kier molecular flexibility index (Phi) is 5.05. The lowest BCUT2D eigenvalue weighted by atomic mass is 10.0. The van der Waals surface area contributed by atoms with Crippen LogP contribution in [0.2, 0.25) is 0 Å². The van der Waals surface area contributed by atoms with Gasteiger partial charge in [-0.25, -0.2) is 4.39 Å². The van der Waals surface area contributed by atoms with Crippen LogP contribution in [0.25, 0.3) is 0 Å². The third kappa shape index (κ3) is 3.15. The van der Waals surface area contributed by atoms with Crippen LogP contribution >= 0.6 is 31.9 Å². The minimum Gasteiger partial charge on any atom is -0.497 e. The van der Waals surface area contributed by atoms with Crippen LogP contribution in [0.1, 0.15) is 16.0 Å². The van der Waals surface area contributed by atoms with E-state index in [1.54, 1.807) is 20.3 Å². The number of benzene rings is 2. The molecule has 1 unspecified atom stereocenters. The van der Waals surface area contributed by atoms with Crippen molar-refractivity contribution in [3.05, 3.63) is 57.8 Å². The van der Waals surface area contributed by atoms with Crippen LogP contribution in [0.15, 0.2) is 40.9 Å². The van der Waals surface area contributed by atoms with E-state index in [0.29, 0.717) is 4.47 Å². The van der Waals surface area contributed by atoms with E-state index in [4.69, 9.17) is 9.47 Å². The van der Waals surface area contributed by atoms with Crippen LogP contribution in [-0.4, -0.2) is 14.2 Å². The van der Waals surface area contributed by atoms with Gasteiger partial charge in [0.2, 0.25) is 0 Å². The molecule has 0 aliphatic heterocycles. The molecule has 2 rings (SSSR count). The van der Waals surface area contributed by atoms with E-state index in [0.717, 1.165) is 22.6 Å². The maximum atomic E-state index is 13.7. The number of halogens is 3. The summed E-state index contributed by atoms with van der Waals surface area (Å²) in [6.07, 6.45) is 0. The van der Waals surface area contributed by atoms with E-state index >= 15 is 0 Å². The fourth-order valence-electron chi connectivity index (χ4n) is 1.89. The Hall–Kier alpha value is -1.07. The largest absolute Gasteiger partial charge is 0.497 e. The lowest BCUT2D eigenvalue weighted by Crippen LogP contribution is -1.99. The molecule has 2 aromatic rings.